The fourth-order valence-corrected chi connectivity index (χ4v) is 3.51. The van der Waals surface area contributed by atoms with Crippen molar-refractivity contribution in [3.8, 4) is 0 Å². The number of rotatable bonds is 2. The predicted octanol–water partition coefficient (Wildman–Crippen LogP) is 4.52. The molecule has 0 aromatic heterocycles. The molecule has 0 aliphatic heterocycles. The van der Waals surface area contributed by atoms with Crippen molar-refractivity contribution in [1.29, 1.82) is 0 Å². The molecule has 2 aromatic carbocycles. The van der Waals surface area contributed by atoms with Crippen molar-refractivity contribution in [2.45, 2.75) is 31.7 Å². The van der Waals surface area contributed by atoms with Crippen molar-refractivity contribution in [2.75, 3.05) is 0 Å². The molecular formula is C17H17BrFN. The Bertz CT molecular complexity index is 619. The largest absolute Gasteiger partial charge is 0.320 e. The van der Waals surface area contributed by atoms with Gasteiger partial charge in [0.15, 0.2) is 0 Å². The van der Waals surface area contributed by atoms with E-state index in [4.69, 9.17) is 5.73 Å². The van der Waals surface area contributed by atoms with E-state index in [1.165, 1.54) is 30.0 Å². The summed E-state index contributed by atoms with van der Waals surface area (Å²) >= 11 is 3.40. The van der Waals surface area contributed by atoms with E-state index in [1.54, 1.807) is 6.07 Å². The van der Waals surface area contributed by atoms with E-state index in [9.17, 15) is 4.39 Å². The maximum Gasteiger partial charge on any atom is 0.129 e. The van der Waals surface area contributed by atoms with Crippen molar-refractivity contribution in [3.63, 3.8) is 0 Å². The molecule has 0 fully saturated rings. The van der Waals surface area contributed by atoms with Crippen LogP contribution in [0.4, 0.5) is 4.39 Å². The lowest BCUT2D eigenvalue weighted by Crippen LogP contribution is -2.15. The molecule has 1 aliphatic carbocycles. The quantitative estimate of drug-likeness (QED) is 0.859. The zero-order valence-corrected chi connectivity index (χ0v) is 12.8. The Morgan fingerprint density at radius 1 is 1.05 bits per heavy atom. The topological polar surface area (TPSA) is 26.0 Å². The highest BCUT2D eigenvalue weighted by atomic mass is 79.9. The summed E-state index contributed by atoms with van der Waals surface area (Å²) in [5, 5.41) is 0. The van der Waals surface area contributed by atoms with Crippen molar-refractivity contribution >= 4 is 15.9 Å². The number of hydrogen-bond donors (Lipinski definition) is 1. The van der Waals surface area contributed by atoms with E-state index >= 15 is 0 Å². The Kier molecular flexibility index (Phi) is 3.90. The Morgan fingerprint density at radius 2 is 1.80 bits per heavy atom. The SMILES string of the molecule is NC(c1ccc2c(c1)CCCC2)c1c(F)cccc1Br. The Balaban J connectivity index is 2.00. The highest BCUT2D eigenvalue weighted by Gasteiger charge is 2.18. The molecule has 0 saturated heterocycles. The van der Waals surface area contributed by atoms with Gasteiger partial charge in [-0.15, -0.1) is 0 Å². The van der Waals surface area contributed by atoms with E-state index in [1.807, 2.05) is 12.1 Å². The van der Waals surface area contributed by atoms with Crippen LogP contribution in [-0.2, 0) is 12.8 Å². The lowest BCUT2D eigenvalue weighted by molar-refractivity contribution is 0.597. The Morgan fingerprint density at radius 3 is 2.55 bits per heavy atom. The third-order valence-electron chi connectivity index (χ3n) is 4.04. The van der Waals surface area contributed by atoms with Gasteiger partial charge in [0.25, 0.3) is 0 Å². The first kappa shape index (κ1) is 13.8. The molecule has 2 N–H and O–H groups in total. The maximum absolute atomic E-state index is 14.0. The molecule has 1 aliphatic rings. The van der Waals surface area contributed by atoms with Crippen LogP contribution in [-0.4, -0.2) is 0 Å². The van der Waals surface area contributed by atoms with Gasteiger partial charge in [0, 0.05) is 10.0 Å². The van der Waals surface area contributed by atoms with Crippen LogP contribution in [0.3, 0.4) is 0 Å². The molecule has 1 atom stereocenters. The van der Waals surface area contributed by atoms with Gasteiger partial charge in [0.2, 0.25) is 0 Å². The average molecular weight is 334 g/mol. The van der Waals surface area contributed by atoms with Gasteiger partial charge >= 0.3 is 0 Å². The summed E-state index contributed by atoms with van der Waals surface area (Å²) in [7, 11) is 0. The molecule has 0 amide bonds. The summed E-state index contributed by atoms with van der Waals surface area (Å²) in [6, 6.07) is 10.9. The third kappa shape index (κ3) is 2.52. The smallest absolute Gasteiger partial charge is 0.129 e. The second-order valence-electron chi connectivity index (χ2n) is 5.35. The predicted molar refractivity (Wildman–Crippen MR) is 83.2 cm³/mol. The molecule has 0 saturated carbocycles. The van der Waals surface area contributed by atoms with Crippen molar-refractivity contribution in [3.05, 3.63) is 68.9 Å². The monoisotopic (exact) mass is 333 g/mol. The van der Waals surface area contributed by atoms with Crippen LogP contribution in [0.2, 0.25) is 0 Å². The van der Waals surface area contributed by atoms with Crippen LogP contribution in [0.1, 0.15) is 41.1 Å². The Labute approximate surface area is 127 Å². The van der Waals surface area contributed by atoms with E-state index in [0.717, 1.165) is 22.9 Å². The van der Waals surface area contributed by atoms with Gasteiger partial charge in [-0.2, -0.15) is 0 Å². The number of aryl methyl sites for hydroxylation is 2. The van der Waals surface area contributed by atoms with Gasteiger partial charge < -0.3 is 5.73 Å². The number of hydrogen-bond acceptors (Lipinski definition) is 1. The molecule has 104 valence electrons. The molecule has 1 nitrogen and oxygen atoms in total. The molecule has 20 heavy (non-hydrogen) atoms. The van der Waals surface area contributed by atoms with Crippen LogP contribution in [0.15, 0.2) is 40.9 Å². The molecule has 3 heteroatoms. The maximum atomic E-state index is 14.0. The fourth-order valence-electron chi connectivity index (χ4n) is 2.92. The van der Waals surface area contributed by atoms with Crippen LogP contribution in [0, 0.1) is 5.82 Å². The van der Waals surface area contributed by atoms with Crippen LogP contribution >= 0.6 is 15.9 Å². The summed E-state index contributed by atoms with van der Waals surface area (Å²) in [6.45, 7) is 0. The zero-order chi connectivity index (χ0) is 14.1. The van der Waals surface area contributed by atoms with Gasteiger partial charge in [0.1, 0.15) is 5.82 Å². The molecule has 0 spiro atoms. The molecular weight excluding hydrogens is 317 g/mol. The molecule has 3 rings (SSSR count). The van der Waals surface area contributed by atoms with E-state index in [-0.39, 0.29) is 5.82 Å². The van der Waals surface area contributed by atoms with E-state index in [2.05, 4.69) is 28.1 Å². The van der Waals surface area contributed by atoms with Crippen molar-refractivity contribution < 1.29 is 4.39 Å². The van der Waals surface area contributed by atoms with Crippen molar-refractivity contribution in [1.82, 2.24) is 0 Å². The highest BCUT2D eigenvalue weighted by molar-refractivity contribution is 9.10. The Hall–Kier alpha value is -1.19. The average Bonchev–Trinajstić information content (AvgIpc) is 2.46. The zero-order valence-electron chi connectivity index (χ0n) is 11.2. The number of halogens is 2. The summed E-state index contributed by atoms with van der Waals surface area (Å²) < 4.78 is 14.7. The molecule has 2 aromatic rings. The van der Waals surface area contributed by atoms with E-state index in [0.29, 0.717) is 5.56 Å². The van der Waals surface area contributed by atoms with Crippen molar-refractivity contribution in [2.24, 2.45) is 5.73 Å². The summed E-state index contributed by atoms with van der Waals surface area (Å²) in [6.07, 6.45) is 4.74. The summed E-state index contributed by atoms with van der Waals surface area (Å²) in [5.74, 6) is -0.260. The lowest BCUT2D eigenvalue weighted by Gasteiger charge is -2.20. The number of nitrogens with two attached hydrogens (primary N) is 1. The lowest BCUT2D eigenvalue weighted by atomic mass is 9.88. The molecule has 0 radical (unpaired) electrons. The fraction of sp³-hybridized carbons (Fsp3) is 0.294. The third-order valence-corrected chi connectivity index (χ3v) is 4.73. The van der Waals surface area contributed by atoms with Crippen LogP contribution < -0.4 is 5.73 Å². The second-order valence-corrected chi connectivity index (χ2v) is 6.20. The normalized spacial score (nSPS) is 15.8. The minimum absolute atomic E-state index is 0.260. The summed E-state index contributed by atoms with van der Waals surface area (Å²) in [5.41, 5.74) is 10.6. The molecule has 0 heterocycles. The minimum Gasteiger partial charge on any atom is -0.320 e. The first-order valence-electron chi connectivity index (χ1n) is 6.98. The standard InChI is InChI=1S/C17H17BrFN/c18-14-6-3-7-15(19)16(14)17(20)13-9-8-11-4-1-2-5-12(11)10-13/h3,6-10,17H,1-2,4-5,20H2. The highest BCUT2D eigenvalue weighted by Crippen LogP contribution is 2.31. The van der Waals surface area contributed by atoms with E-state index < -0.39 is 6.04 Å². The van der Waals surface area contributed by atoms with Gasteiger partial charge in [-0.3, -0.25) is 0 Å². The number of benzene rings is 2. The van der Waals surface area contributed by atoms with Crippen LogP contribution in [0.25, 0.3) is 0 Å². The molecule has 1 unspecified atom stereocenters. The van der Waals surface area contributed by atoms with Crippen LogP contribution in [0.5, 0.6) is 0 Å². The van der Waals surface area contributed by atoms with Gasteiger partial charge in [-0.25, -0.2) is 4.39 Å². The first-order valence-corrected chi connectivity index (χ1v) is 7.77. The summed E-state index contributed by atoms with van der Waals surface area (Å²) in [4.78, 5) is 0. The van der Waals surface area contributed by atoms with Gasteiger partial charge in [-0.05, 0) is 54.5 Å². The first-order chi connectivity index (χ1) is 9.66. The van der Waals surface area contributed by atoms with Gasteiger partial charge in [0.05, 0.1) is 6.04 Å². The minimum atomic E-state index is -0.433. The number of fused-ring (bicyclic) bond motifs is 1. The second kappa shape index (κ2) is 5.66. The van der Waals surface area contributed by atoms with Gasteiger partial charge in [-0.1, -0.05) is 40.2 Å². The molecule has 0 bridgehead atoms.